The van der Waals surface area contributed by atoms with Gasteiger partial charge in [-0.1, -0.05) is 6.07 Å². The number of hydrogen-bond acceptors (Lipinski definition) is 5. The molecule has 0 aliphatic carbocycles. The molecule has 8 nitrogen and oxygen atoms in total. The molecule has 0 bridgehead atoms. The van der Waals surface area contributed by atoms with Gasteiger partial charge in [0.2, 0.25) is 11.8 Å². The van der Waals surface area contributed by atoms with Crippen LogP contribution in [0.2, 0.25) is 0 Å². The van der Waals surface area contributed by atoms with Gasteiger partial charge < -0.3 is 5.32 Å². The molecule has 1 aromatic rings. The van der Waals surface area contributed by atoms with Crippen LogP contribution in [-0.4, -0.2) is 45.9 Å². The summed E-state index contributed by atoms with van der Waals surface area (Å²) >= 11 is 5.46. The Bertz CT molecular complexity index is 837. The highest BCUT2D eigenvalue weighted by molar-refractivity contribution is 6.30. The van der Waals surface area contributed by atoms with Gasteiger partial charge in [-0.25, -0.2) is 0 Å². The Balaban J connectivity index is 2.03. The maximum absolute atomic E-state index is 12.9. The van der Waals surface area contributed by atoms with Gasteiger partial charge in [-0.3, -0.25) is 34.2 Å². The molecule has 9 heteroatoms. The van der Waals surface area contributed by atoms with Crippen molar-refractivity contribution in [3.63, 3.8) is 0 Å². The molecule has 1 fully saturated rings. The monoisotopic (exact) mass is 363 g/mol. The fourth-order valence-electron chi connectivity index (χ4n) is 3.03. The first-order chi connectivity index (χ1) is 11.8. The van der Waals surface area contributed by atoms with Gasteiger partial charge in [0.1, 0.15) is 11.4 Å². The lowest BCUT2D eigenvalue weighted by atomic mass is 9.89. The van der Waals surface area contributed by atoms with Crippen LogP contribution in [0.1, 0.15) is 40.5 Å². The summed E-state index contributed by atoms with van der Waals surface area (Å²) in [6.07, 6.45) is 0.0536. The maximum atomic E-state index is 12.9. The molecule has 5 amide bonds. The second-order valence-corrected chi connectivity index (χ2v) is 6.27. The van der Waals surface area contributed by atoms with Gasteiger partial charge in [0.25, 0.3) is 17.7 Å². The number of nitrogens with one attached hydrogen (secondary N) is 2. The number of hydrogen-bond donors (Lipinski definition) is 2. The van der Waals surface area contributed by atoms with Crippen molar-refractivity contribution in [2.24, 2.45) is 0 Å². The Labute approximate surface area is 147 Å². The van der Waals surface area contributed by atoms with Crippen LogP contribution in [0, 0.1) is 0 Å². The average molecular weight is 364 g/mol. The van der Waals surface area contributed by atoms with Gasteiger partial charge in [0, 0.05) is 6.42 Å². The number of fused-ring (bicyclic) bond motifs is 1. The largest absolute Gasteiger partial charge is 0.324 e. The van der Waals surface area contributed by atoms with Crippen LogP contribution >= 0.6 is 11.6 Å². The van der Waals surface area contributed by atoms with E-state index in [0.717, 1.165) is 4.90 Å². The third-order valence-corrected chi connectivity index (χ3v) is 4.63. The first-order valence-electron chi connectivity index (χ1n) is 7.51. The Kier molecular flexibility index (Phi) is 4.08. The molecule has 130 valence electrons. The minimum atomic E-state index is -1.48. The van der Waals surface area contributed by atoms with E-state index in [9.17, 15) is 24.0 Å². The fraction of sp³-hybridized carbons (Fsp3) is 0.312. The first-order valence-corrected chi connectivity index (χ1v) is 8.05. The maximum Gasteiger partial charge on any atom is 0.264 e. The number of piperidine rings is 1. The van der Waals surface area contributed by atoms with Crippen LogP contribution < -0.4 is 10.6 Å². The Morgan fingerprint density at radius 2 is 2.00 bits per heavy atom. The summed E-state index contributed by atoms with van der Waals surface area (Å²) in [6.45, 7) is 1.44. The number of anilines is 1. The normalized spacial score (nSPS) is 22.7. The van der Waals surface area contributed by atoms with E-state index in [1.807, 2.05) is 0 Å². The van der Waals surface area contributed by atoms with Gasteiger partial charge >= 0.3 is 0 Å². The average Bonchev–Trinajstić information content (AvgIpc) is 2.84. The summed E-state index contributed by atoms with van der Waals surface area (Å²) in [5.41, 5.74) is -1.23. The highest BCUT2D eigenvalue weighted by Crippen LogP contribution is 2.36. The lowest BCUT2D eigenvalue weighted by molar-refractivity contribution is -0.141. The van der Waals surface area contributed by atoms with Crippen molar-refractivity contribution in [2.75, 3.05) is 11.2 Å². The molecule has 0 radical (unpaired) electrons. The molecule has 0 spiro atoms. The molecule has 2 aliphatic heterocycles. The topological polar surface area (TPSA) is 113 Å². The minimum Gasteiger partial charge on any atom is -0.324 e. The standard InChI is InChI=1S/C16H14ClN3O5/c1-16(6-5-10(21)19-15(16)25)20-13(23)8-3-2-4-9(12(8)14(20)24)18-11(22)7-17/h2-4H,5-7H2,1H3,(H,18,22)(H,19,21,25). The van der Waals surface area contributed by atoms with Crippen molar-refractivity contribution in [2.45, 2.75) is 25.3 Å². The van der Waals surface area contributed by atoms with Gasteiger partial charge in [-0.05, 0) is 25.5 Å². The molecule has 3 rings (SSSR count). The molecule has 0 saturated carbocycles. The number of amides is 5. The molecule has 2 heterocycles. The van der Waals surface area contributed by atoms with Crippen molar-refractivity contribution in [1.82, 2.24) is 10.2 Å². The first kappa shape index (κ1) is 17.1. The number of benzene rings is 1. The highest BCUT2D eigenvalue weighted by Gasteiger charge is 2.53. The van der Waals surface area contributed by atoms with E-state index in [-0.39, 0.29) is 35.5 Å². The van der Waals surface area contributed by atoms with E-state index >= 15 is 0 Å². The van der Waals surface area contributed by atoms with Gasteiger partial charge in [0.15, 0.2) is 0 Å². The van der Waals surface area contributed by atoms with E-state index in [2.05, 4.69) is 10.6 Å². The lowest BCUT2D eigenvalue weighted by Crippen LogP contribution is -2.62. The molecule has 2 N–H and O–H groups in total. The Morgan fingerprint density at radius 1 is 1.28 bits per heavy atom. The Hall–Kier alpha value is -2.74. The lowest BCUT2D eigenvalue weighted by Gasteiger charge is -2.38. The molecule has 0 aromatic heterocycles. The van der Waals surface area contributed by atoms with Crippen LogP contribution in [0.25, 0.3) is 0 Å². The summed E-state index contributed by atoms with van der Waals surface area (Å²) in [5, 5.41) is 4.63. The molecule has 25 heavy (non-hydrogen) atoms. The number of alkyl halides is 1. The second kappa shape index (κ2) is 5.96. The van der Waals surface area contributed by atoms with E-state index in [1.165, 1.54) is 25.1 Å². The van der Waals surface area contributed by atoms with Crippen LogP contribution in [0.3, 0.4) is 0 Å². The number of imide groups is 2. The fourth-order valence-corrected chi connectivity index (χ4v) is 3.10. The SMILES string of the molecule is CC1(N2C(=O)c3cccc(NC(=O)CCl)c3C2=O)CCC(=O)NC1=O. The van der Waals surface area contributed by atoms with Crippen molar-refractivity contribution in [3.05, 3.63) is 29.3 Å². The summed E-state index contributed by atoms with van der Waals surface area (Å²) in [6, 6.07) is 4.44. The van der Waals surface area contributed by atoms with Crippen LogP contribution in [0.15, 0.2) is 18.2 Å². The number of carbonyl (C=O) groups excluding carboxylic acids is 5. The third-order valence-electron chi connectivity index (χ3n) is 4.38. The predicted octanol–water partition coefficient (Wildman–Crippen LogP) is 0.655. The minimum absolute atomic E-state index is 0.0110. The summed E-state index contributed by atoms with van der Waals surface area (Å²) < 4.78 is 0. The zero-order valence-electron chi connectivity index (χ0n) is 13.2. The van der Waals surface area contributed by atoms with Gasteiger partial charge in [0.05, 0.1) is 16.8 Å². The summed E-state index contributed by atoms with van der Waals surface area (Å²) in [4.78, 5) is 61.7. The Morgan fingerprint density at radius 3 is 2.64 bits per heavy atom. The van der Waals surface area contributed by atoms with E-state index in [0.29, 0.717) is 0 Å². The summed E-state index contributed by atoms with van der Waals surface area (Å²) in [7, 11) is 0. The number of rotatable bonds is 3. The van der Waals surface area contributed by atoms with Crippen molar-refractivity contribution < 1.29 is 24.0 Å². The van der Waals surface area contributed by atoms with E-state index in [4.69, 9.17) is 11.6 Å². The zero-order valence-corrected chi connectivity index (χ0v) is 14.0. The molecule has 1 saturated heterocycles. The van der Waals surface area contributed by atoms with Crippen LogP contribution in [0.5, 0.6) is 0 Å². The molecular weight excluding hydrogens is 350 g/mol. The van der Waals surface area contributed by atoms with E-state index in [1.54, 1.807) is 0 Å². The molecule has 1 aromatic carbocycles. The number of carbonyl (C=O) groups is 5. The number of halogens is 1. The van der Waals surface area contributed by atoms with E-state index < -0.39 is 35.1 Å². The third kappa shape index (κ3) is 2.58. The molecular formula is C16H14ClN3O5. The van der Waals surface area contributed by atoms with Gasteiger partial charge in [-0.2, -0.15) is 0 Å². The molecule has 1 atom stereocenters. The second-order valence-electron chi connectivity index (χ2n) is 6.01. The highest BCUT2D eigenvalue weighted by atomic mass is 35.5. The summed E-state index contributed by atoms with van der Waals surface area (Å²) in [5.74, 6) is -3.33. The van der Waals surface area contributed by atoms with Crippen molar-refractivity contribution in [1.29, 1.82) is 0 Å². The van der Waals surface area contributed by atoms with Crippen molar-refractivity contribution in [3.8, 4) is 0 Å². The molecule has 2 aliphatic rings. The van der Waals surface area contributed by atoms with Gasteiger partial charge in [-0.15, -0.1) is 11.6 Å². The van der Waals surface area contributed by atoms with Crippen molar-refractivity contribution >= 4 is 46.8 Å². The smallest absolute Gasteiger partial charge is 0.264 e. The van der Waals surface area contributed by atoms with Crippen LogP contribution in [-0.2, 0) is 14.4 Å². The van der Waals surface area contributed by atoms with Crippen LogP contribution in [0.4, 0.5) is 5.69 Å². The number of nitrogens with zero attached hydrogens (tertiary/aromatic N) is 1. The quantitative estimate of drug-likeness (QED) is 0.605. The zero-order chi connectivity index (χ0) is 18.4. The predicted molar refractivity (Wildman–Crippen MR) is 87.1 cm³/mol. The molecule has 1 unspecified atom stereocenters.